The smallest absolute Gasteiger partial charge is 0.392 e. The van der Waals surface area contributed by atoms with Gasteiger partial charge in [0.15, 0.2) is 0 Å². The second kappa shape index (κ2) is 7.03. The minimum absolute atomic E-state index is 0.141. The highest BCUT2D eigenvalue weighted by Gasteiger charge is 2.47. The van der Waals surface area contributed by atoms with E-state index in [9.17, 15) is 13.2 Å². The lowest BCUT2D eigenvalue weighted by atomic mass is 9.76. The van der Waals surface area contributed by atoms with Gasteiger partial charge >= 0.3 is 6.18 Å². The Kier molecular flexibility index (Phi) is 5.58. The fraction of sp³-hybridized carbons (Fsp3) is 0.625. The lowest BCUT2D eigenvalue weighted by molar-refractivity contribution is -0.196. The molecule has 1 aliphatic rings. The third kappa shape index (κ3) is 4.38. The van der Waals surface area contributed by atoms with Crippen LogP contribution in [-0.2, 0) is 6.42 Å². The summed E-state index contributed by atoms with van der Waals surface area (Å²) < 4.78 is 44.5. The SMILES string of the molecule is COc1ccc(CC(Br)C2CCCCC2C(F)(F)F)cc1. The van der Waals surface area contributed by atoms with Gasteiger partial charge < -0.3 is 4.74 Å². The molecule has 1 aromatic rings. The highest BCUT2D eigenvalue weighted by atomic mass is 79.9. The van der Waals surface area contributed by atoms with E-state index in [0.717, 1.165) is 17.7 Å². The Morgan fingerprint density at radius 1 is 1.19 bits per heavy atom. The summed E-state index contributed by atoms with van der Waals surface area (Å²) in [7, 11) is 1.60. The molecule has 0 aromatic heterocycles. The van der Waals surface area contributed by atoms with Crippen LogP contribution in [0, 0.1) is 11.8 Å². The van der Waals surface area contributed by atoms with E-state index in [4.69, 9.17) is 4.74 Å². The summed E-state index contributed by atoms with van der Waals surface area (Å²) in [6.07, 6.45) is -0.988. The summed E-state index contributed by atoms with van der Waals surface area (Å²) in [6.45, 7) is 0. The van der Waals surface area contributed by atoms with Crippen LogP contribution in [-0.4, -0.2) is 18.1 Å². The van der Waals surface area contributed by atoms with Crippen molar-refractivity contribution in [3.8, 4) is 5.75 Å². The van der Waals surface area contributed by atoms with Gasteiger partial charge in [-0.15, -0.1) is 0 Å². The van der Waals surface area contributed by atoms with E-state index in [2.05, 4.69) is 15.9 Å². The van der Waals surface area contributed by atoms with Gasteiger partial charge in [-0.05, 0) is 42.9 Å². The van der Waals surface area contributed by atoms with Gasteiger partial charge in [0.25, 0.3) is 0 Å². The largest absolute Gasteiger partial charge is 0.497 e. The lowest BCUT2D eigenvalue weighted by Crippen LogP contribution is -2.38. The fourth-order valence-electron chi connectivity index (χ4n) is 3.14. The third-order valence-corrected chi connectivity index (χ3v) is 5.30. The molecule has 1 aliphatic carbocycles. The zero-order chi connectivity index (χ0) is 15.5. The van der Waals surface area contributed by atoms with Crippen molar-refractivity contribution in [2.24, 2.45) is 11.8 Å². The van der Waals surface area contributed by atoms with Gasteiger partial charge in [-0.2, -0.15) is 13.2 Å². The van der Waals surface area contributed by atoms with Crippen molar-refractivity contribution in [1.29, 1.82) is 0 Å². The minimum Gasteiger partial charge on any atom is -0.497 e. The summed E-state index contributed by atoms with van der Waals surface area (Å²) in [4.78, 5) is -0.141. The number of benzene rings is 1. The van der Waals surface area contributed by atoms with Crippen LogP contribution < -0.4 is 4.74 Å². The Hall–Kier alpha value is -0.710. The van der Waals surface area contributed by atoms with Crippen LogP contribution in [0.3, 0.4) is 0 Å². The summed E-state index contributed by atoms with van der Waals surface area (Å²) in [6, 6.07) is 7.52. The number of rotatable bonds is 4. The van der Waals surface area contributed by atoms with E-state index in [1.54, 1.807) is 7.11 Å². The number of ether oxygens (including phenoxy) is 1. The van der Waals surface area contributed by atoms with E-state index in [0.29, 0.717) is 19.3 Å². The molecule has 5 heteroatoms. The summed E-state index contributed by atoms with van der Waals surface area (Å²) in [5.74, 6) is -0.745. The van der Waals surface area contributed by atoms with Crippen molar-refractivity contribution < 1.29 is 17.9 Å². The quantitative estimate of drug-likeness (QED) is 0.652. The molecule has 1 saturated carbocycles. The molecule has 0 spiro atoms. The van der Waals surface area contributed by atoms with E-state index >= 15 is 0 Å². The maximum Gasteiger partial charge on any atom is 0.392 e. The molecule has 0 radical (unpaired) electrons. The van der Waals surface area contributed by atoms with Gasteiger partial charge in [0, 0.05) is 4.83 Å². The maximum absolute atomic E-state index is 13.2. The van der Waals surface area contributed by atoms with Crippen molar-refractivity contribution in [2.75, 3.05) is 7.11 Å². The number of hydrogen-bond donors (Lipinski definition) is 0. The fourth-order valence-corrected chi connectivity index (χ4v) is 4.14. The predicted molar refractivity (Wildman–Crippen MR) is 80.9 cm³/mol. The zero-order valence-corrected chi connectivity index (χ0v) is 13.6. The first-order chi connectivity index (χ1) is 9.91. The van der Waals surface area contributed by atoms with Gasteiger partial charge in [0.05, 0.1) is 13.0 Å². The first-order valence-electron chi connectivity index (χ1n) is 7.25. The van der Waals surface area contributed by atoms with Gasteiger partial charge in [-0.3, -0.25) is 0 Å². The average Bonchev–Trinajstić information content (AvgIpc) is 2.47. The van der Waals surface area contributed by atoms with Crippen molar-refractivity contribution >= 4 is 15.9 Å². The number of methoxy groups -OCH3 is 1. The molecule has 118 valence electrons. The van der Waals surface area contributed by atoms with Crippen molar-refractivity contribution in [3.63, 3.8) is 0 Å². The molecular weight excluding hydrogens is 345 g/mol. The first-order valence-corrected chi connectivity index (χ1v) is 8.17. The van der Waals surface area contributed by atoms with Crippen LogP contribution in [0.25, 0.3) is 0 Å². The molecule has 0 N–H and O–H groups in total. The molecule has 1 nitrogen and oxygen atoms in total. The number of alkyl halides is 4. The van der Waals surface area contributed by atoms with Crippen LogP contribution >= 0.6 is 15.9 Å². The Balaban J connectivity index is 2.04. The van der Waals surface area contributed by atoms with Crippen LogP contribution in [0.5, 0.6) is 5.75 Å². The molecular formula is C16H20BrF3O. The molecule has 0 bridgehead atoms. The molecule has 1 aromatic carbocycles. The monoisotopic (exact) mass is 364 g/mol. The lowest BCUT2D eigenvalue weighted by Gasteiger charge is -2.36. The maximum atomic E-state index is 13.2. The van der Waals surface area contributed by atoms with Crippen LogP contribution in [0.2, 0.25) is 0 Å². The van der Waals surface area contributed by atoms with Crippen LogP contribution in [0.15, 0.2) is 24.3 Å². The third-order valence-electron chi connectivity index (χ3n) is 4.29. The van der Waals surface area contributed by atoms with E-state index in [1.165, 1.54) is 0 Å². The van der Waals surface area contributed by atoms with Crippen molar-refractivity contribution in [3.05, 3.63) is 29.8 Å². The second-order valence-corrected chi connectivity index (χ2v) is 6.84. The Morgan fingerprint density at radius 3 is 2.38 bits per heavy atom. The standard InChI is InChI=1S/C16H20BrF3O/c1-21-12-8-6-11(7-9-12)10-15(17)13-4-2-3-5-14(13)16(18,19)20/h6-9,13-15H,2-5,10H2,1H3. The highest BCUT2D eigenvalue weighted by Crippen LogP contribution is 2.45. The molecule has 3 atom stereocenters. The molecule has 3 unspecified atom stereocenters. The molecule has 1 fully saturated rings. The molecule has 0 amide bonds. The van der Waals surface area contributed by atoms with Crippen molar-refractivity contribution in [1.82, 2.24) is 0 Å². The highest BCUT2D eigenvalue weighted by molar-refractivity contribution is 9.09. The molecule has 21 heavy (non-hydrogen) atoms. The normalized spacial score (nSPS) is 24.6. The van der Waals surface area contributed by atoms with E-state index in [-0.39, 0.29) is 17.2 Å². The Labute approximate surface area is 132 Å². The van der Waals surface area contributed by atoms with Gasteiger partial charge in [-0.25, -0.2) is 0 Å². The Morgan fingerprint density at radius 2 is 1.81 bits per heavy atom. The summed E-state index contributed by atoms with van der Waals surface area (Å²) >= 11 is 3.51. The molecule has 2 rings (SSSR count). The van der Waals surface area contributed by atoms with Crippen LogP contribution in [0.4, 0.5) is 13.2 Å². The number of halogens is 4. The second-order valence-electron chi connectivity index (χ2n) is 5.66. The van der Waals surface area contributed by atoms with Gasteiger partial charge in [0.2, 0.25) is 0 Å². The summed E-state index contributed by atoms with van der Waals surface area (Å²) in [5, 5.41) is 0. The van der Waals surface area contributed by atoms with E-state index in [1.807, 2.05) is 24.3 Å². The van der Waals surface area contributed by atoms with Crippen molar-refractivity contribution in [2.45, 2.75) is 43.1 Å². The van der Waals surface area contributed by atoms with Gasteiger partial charge in [-0.1, -0.05) is 40.9 Å². The van der Waals surface area contributed by atoms with E-state index < -0.39 is 12.1 Å². The molecule has 0 heterocycles. The topological polar surface area (TPSA) is 9.23 Å². The first kappa shape index (κ1) is 16.7. The average molecular weight is 365 g/mol. The number of hydrogen-bond acceptors (Lipinski definition) is 1. The predicted octanol–water partition coefficient (Wildman–Crippen LogP) is 5.37. The zero-order valence-electron chi connectivity index (χ0n) is 12.0. The summed E-state index contributed by atoms with van der Waals surface area (Å²) in [5.41, 5.74) is 1.03. The minimum atomic E-state index is -4.09. The van der Waals surface area contributed by atoms with Gasteiger partial charge in [0.1, 0.15) is 5.75 Å². The molecule has 0 saturated heterocycles. The molecule has 0 aliphatic heterocycles. The van der Waals surface area contributed by atoms with Crippen LogP contribution in [0.1, 0.15) is 31.2 Å². The Bertz CT molecular complexity index is 444.